The molecule has 1 fully saturated rings. The van der Waals surface area contributed by atoms with Crippen LogP contribution >= 0.6 is 23.4 Å². The lowest BCUT2D eigenvalue weighted by molar-refractivity contribution is -0.128. The number of halogens is 3. The first-order valence-corrected chi connectivity index (χ1v) is 13.6. The van der Waals surface area contributed by atoms with Gasteiger partial charge in [0, 0.05) is 65.5 Å². The molecule has 0 aliphatic carbocycles. The van der Waals surface area contributed by atoms with Crippen LogP contribution in [0.3, 0.4) is 0 Å². The fourth-order valence-corrected chi connectivity index (χ4v) is 7.06. The lowest BCUT2D eigenvalue weighted by atomic mass is 10.0. The Balaban J connectivity index is 1.76. The number of methoxy groups -OCH3 is 1. The first-order chi connectivity index (χ1) is 18.2. The van der Waals surface area contributed by atoms with Crippen LogP contribution in [0.15, 0.2) is 46.6 Å². The van der Waals surface area contributed by atoms with Gasteiger partial charge < -0.3 is 14.5 Å². The largest absolute Gasteiger partial charge is 0.383 e. The van der Waals surface area contributed by atoms with E-state index in [1.165, 1.54) is 30.0 Å². The van der Waals surface area contributed by atoms with Crippen LogP contribution in [-0.2, 0) is 9.53 Å². The normalized spacial score (nSPS) is 21.2. The number of ether oxygens (including phenoxy) is 1. The maximum atomic E-state index is 15.0. The molecule has 0 unspecified atom stereocenters. The predicted octanol–water partition coefficient (Wildman–Crippen LogP) is 4.90. The molecule has 0 spiro atoms. The van der Waals surface area contributed by atoms with Gasteiger partial charge in [-0.05, 0) is 38.1 Å². The van der Waals surface area contributed by atoms with Crippen molar-refractivity contribution in [1.29, 1.82) is 0 Å². The number of piperazine rings is 1. The van der Waals surface area contributed by atoms with Crippen LogP contribution in [0.2, 0.25) is 5.02 Å². The second-order valence-corrected chi connectivity index (χ2v) is 11.1. The number of rotatable bonds is 5. The summed E-state index contributed by atoms with van der Waals surface area (Å²) in [6, 6.07) is 4.47. The Bertz CT molecular complexity index is 1510. The Morgan fingerprint density at radius 1 is 1.26 bits per heavy atom. The molecule has 2 aliphatic heterocycles. The highest BCUT2D eigenvalue weighted by Crippen LogP contribution is 2.48. The van der Waals surface area contributed by atoms with Crippen LogP contribution in [0, 0.1) is 11.6 Å². The second kappa shape index (κ2) is 10.3. The van der Waals surface area contributed by atoms with Crippen molar-refractivity contribution >= 4 is 46.0 Å². The minimum atomic E-state index is -0.740. The number of aromatic nitrogens is 2. The molecule has 11 heteroatoms. The molecule has 1 saturated heterocycles. The van der Waals surface area contributed by atoms with Gasteiger partial charge in [0.1, 0.15) is 17.5 Å². The summed E-state index contributed by atoms with van der Waals surface area (Å²) < 4.78 is 35.7. The van der Waals surface area contributed by atoms with E-state index in [4.69, 9.17) is 16.3 Å². The number of anilines is 1. The quantitative estimate of drug-likeness (QED) is 0.414. The Morgan fingerprint density at radius 3 is 2.71 bits per heavy atom. The highest BCUT2D eigenvalue weighted by molar-refractivity contribution is 7.99. The van der Waals surface area contributed by atoms with Crippen LogP contribution in [0.4, 0.5) is 14.6 Å². The lowest BCUT2D eigenvalue weighted by Gasteiger charge is -2.45. The summed E-state index contributed by atoms with van der Waals surface area (Å²) in [5.74, 6) is -0.634. The molecule has 0 bridgehead atoms. The zero-order chi connectivity index (χ0) is 27.3. The first-order valence-electron chi connectivity index (χ1n) is 12.2. The molecule has 3 aromatic rings. The van der Waals surface area contributed by atoms with Crippen molar-refractivity contribution < 1.29 is 18.3 Å². The molecule has 0 saturated carbocycles. The number of carbonyl (C=O) groups excluding carboxylic acids is 1. The summed E-state index contributed by atoms with van der Waals surface area (Å²) in [6.45, 7) is 8.67. The lowest BCUT2D eigenvalue weighted by Crippen LogP contribution is -2.58. The summed E-state index contributed by atoms with van der Waals surface area (Å²) in [6.07, 6.45) is 1.30. The van der Waals surface area contributed by atoms with Gasteiger partial charge in [0.25, 0.3) is 0 Å². The average Bonchev–Trinajstić information content (AvgIpc) is 2.88. The van der Waals surface area contributed by atoms with Crippen LogP contribution in [0.5, 0.6) is 0 Å². The summed E-state index contributed by atoms with van der Waals surface area (Å²) in [7, 11) is 1.57. The number of hydrogen-bond acceptors (Lipinski definition) is 6. The fourth-order valence-electron chi connectivity index (χ4n) is 5.38. The van der Waals surface area contributed by atoms with E-state index in [1.807, 2.05) is 18.7 Å². The monoisotopic (exact) mass is 560 g/mol. The first kappa shape index (κ1) is 26.6. The maximum Gasteiger partial charge on any atom is 0.350 e. The van der Waals surface area contributed by atoms with Gasteiger partial charge in [0.15, 0.2) is 0 Å². The molecule has 7 nitrogen and oxygen atoms in total. The van der Waals surface area contributed by atoms with E-state index < -0.39 is 17.3 Å². The summed E-state index contributed by atoms with van der Waals surface area (Å²) >= 11 is 8.27. The predicted molar refractivity (Wildman–Crippen MR) is 146 cm³/mol. The minimum absolute atomic E-state index is 0.150. The van der Waals surface area contributed by atoms with Gasteiger partial charge in [0.2, 0.25) is 5.91 Å². The van der Waals surface area contributed by atoms with Crippen LogP contribution in [0.25, 0.3) is 22.0 Å². The van der Waals surface area contributed by atoms with Crippen molar-refractivity contribution in [1.82, 2.24) is 14.5 Å². The molecule has 2 aliphatic rings. The zero-order valence-corrected chi connectivity index (χ0v) is 22.8. The molecule has 2 aromatic carbocycles. The van der Waals surface area contributed by atoms with Gasteiger partial charge in [-0.15, -0.1) is 11.8 Å². The fraction of sp³-hybridized carbons (Fsp3) is 0.370. The molecule has 3 atom stereocenters. The highest BCUT2D eigenvalue weighted by atomic mass is 35.5. The topological polar surface area (TPSA) is 67.7 Å². The van der Waals surface area contributed by atoms with E-state index in [9.17, 15) is 18.4 Å². The molecule has 1 aromatic heterocycles. The molecule has 0 N–H and O–H groups in total. The number of carbonyl (C=O) groups is 1. The molecule has 38 heavy (non-hydrogen) atoms. The van der Waals surface area contributed by atoms with Gasteiger partial charge >= 0.3 is 5.69 Å². The molecular formula is C27H27ClF2N4O3S. The number of benzene rings is 2. The Kier molecular flexibility index (Phi) is 7.23. The standard InChI is InChI=1S/C27H27ClF2N4O3S/c1-5-22(35)32-10-15(3)33(11-14(32)2)26-19-9-20(28)23(18-7-6-16(29)8-21(18)30)25-24(19)34(27(36)31-26)17(12-37-4)13-38-25/h5-9,14-15,17H,1,10-13H2,2-4H3/t14-,15+,17+/m1/s1. The average molecular weight is 561 g/mol. The van der Waals surface area contributed by atoms with Gasteiger partial charge in [-0.3, -0.25) is 9.36 Å². The van der Waals surface area contributed by atoms with Crippen molar-refractivity contribution in [3.05, 3.63) is 64.1 Å². The van der Waals surface area contributed by atoms with E-state index in [0.29, 0.717) is 52.6 Å². The molecule has 200 valence electrons. The van der Waals surface area contributed by atoms with Gasteiger partial charge in [-0.1, -0.05) is 18.2 Å². The summed E-state index contributed by atoms with van der Waals surface area (Å²) in [5.41, 5.74) is 0.701. The Labute approximate surface area is 228 Å². The Hall–Kier alpha value is -2.95. The molecule has 3 heterocycles. The van der Waals surface area contributed by atoms with Crippen molar-refractivity contribution in [2.45, 2.75) is 36.9 Å². The summed E-state index contributed by atoms with van der Waals surface area (Å²) in [5, 5.41) is 0.914. The van der Waals surface area contributed by atoms with Crippen molar-refractivity contribution in [2.75, 3.05) is 37.5 Å². The minimum Gasteiger partial charge on any atom is -0.383 e. The van der Waals surface area contributed by atoms with E-state index in [-0.39, 0.29) is 34.6 Å². The Morgan fingerprint density at radius 2 is 2.03 bits per heavy atom. The smallest absolute Gasteiger partial charge is 0.350 e. The zero-order valence-electron chi connectivity index (χ0n) is 21.2. The van der Waals surface area contributed by atoms with Gasteiger partial charge in [0.05, 0.1) is 23.2 Å². The number of hydrogen-bond donors (Lipinski definition) is 0. The van der Waals surface area contributed by atoms with Crippen LogP contribution in [0.1, 0.15) is 19.9 Å². The third-order valence-electron chi connectivity index (χ3n) is 7.16. The van der Waals surface area contributed by atoms with Gasteiger partial charge in [-0.25, -0.2) is 13.6 Å². The summed E-state index contributed by atoms with van der Waals surface area (Å²) in [4.78, 5) is 34.9. The molecule has 5 rings (SSSR count). The number of amides is 1. The van der Waals surface area contributed by atoms with E-state index >= 15 is 0 Å². The van der Waals surface area contributed by atoms with Crippen LogP contribution in [-0.4, -0.2) is 65.0 Å². The SMILES string of the molecule is C=CC(=O)N1C[C@H](C)N(c2nc(=O)n3c4c(c(-c5ccc(F)cc5F)c(Cl)cc24)SC[C@@H]3COC)C[C@H]1C. The van der Waals surface area contributed by atoms with Crippen molar-refractivity contribution in [2.24, 2.45) is 0 Å². The third kappa shape index (κ3) is 4.38. The van der Waals surface area contributed by atoms with E-state index in [0.717, 1.165) is 6.07 Å². The maximum absolute atomic E-state index is 15.0. The van der Waals surface area contributed by atoms with E-state index in [1.54, 1.807) is 22.6 Å². The third-order valence-corrected chi connectivity index (χ3v) is 8.69. The van der Waals surface area contributed by atoms with Crippen molar-refractivity contribution in [3.63, 3.8) is 0 Å². The van der Waals surface area contributed by atoms with E-state index in [2.05, 4.69) is 11.6 Å². The molecular weight excluding hydrogens is 534 g/mol. The van der Waals surface area contributed by atoms with Crippen molar-refractivity contribution in [3.8, 4) is 11.1 Å². The highest BCUT2D eigenvalue weighted by Gasteiger charge is 2.36. The second-order valence-electron chi connectivity index (χ2n) is 9.64. The molecule has 0 radical (unpaired) electrons. The number of nitrogens with zero attached hydrogens (tertiary/aromatic N) is 4. The molecule has 1 amide bonds. The van der Waals surface area contributed by atoms with Gasteiger partial charge in [-0.2, -0.15) is 4.98 Å². The number of thioether (sulfide) groups is 1. The van der Waals surface area contributed by atoms with Crippen LogP contribution < -0.4 is 10.6 Å².